The Hall–Kier alpha value is -1.99. The van der Waals surface area contributed by atoms with Crippen molar-refractivity contribution in [2.24, 2.45) is 5.73 Å². The van der Waals surface area contributed by atoms with Crippen molar-refractivity contribution in [1.29, 1.82) is 0 Å². The van der Waals surface area contributed by atoms with Crippen LogP contribution in [0.3, 0.4) is 0 Å². The molecule has 1 aromatic carbocycles. The third-order valence-corrected chi connectivity index (χ3v) is 2.13. The first-order valence-electron chi connectivity index (χ1n) is 4.76. The molecule has 0 fully saturated rings. The number of benzene rings is 1. The van der Waals surface area contributed by atoms with Gasteiger partial charge in [0.1, 0.15) is 0 Å². The topological polar surface area (TPSA) is 80.4 Å². The molecule has 4 nitrogen and oxygen atoms in total. The van der Waals surface area contributed by atoms with Crippen LogP contribution in [0, 0.1) is 11.8 Å². The summed E-state index contributed by atoms with van der Waals surface area (Å²) < 4.78 is 0. The lowest BCUT2D eigenvalue weighted by molar-refractivity contribution is -0.136. The summed E-state index contributed by atoms with van der Waals surface area (Å²) in [5, 5.41) is 9.18. The molecule has 3 N–H and O–H groups in total. The van der Waals surface area contributed by atoms with Crippen molar-refractivity contribution in [3.63, 3.8) is 0 Å². The second-order valence-electron chi connectivity index (χ2n) is 3.32. The molecule has 0 radical (unpaired) electrons. The molecule has 0 spiro atoms. The maximum Gasteiger partial charge on any atom is 0.307 e. The zero-order valence-corrected chi connectivity index (χ0v) is 9.62. The van der Waals surface area contributed by atoms with E-state index in [1.807, 2.05) is 0 Å². The molecule has 0 atom stereocenters. The van der Waals surface area contributed by atoms with Crippen LogP contribution in [0.2, 0.25) is 5.02 Å². The number of carbonyl (C=O) groups excluding carboxylic acids is 1. The highest BCUT2D eigenvalue weighted by atomic mass is 35.5. The largest absolute Gasteiger partial charge is 0.481 e. The molecule has 0 saturated carbocycles. The first kappa shape index (κ1) is 13.1. The van der Waals surface area contributed by atoms with E-state index >= 15 is 0 Å². The van der Waals surface area contributed by atoms with Crippen LogP contribution in [-0.4, -0.2) is 17.0 Å². The lowest BCUT2D eigenvalue weighted by Crippen LogP contribution is -2.08. The molecule has 0 heterocycles. The van der Waals surface area contributed by atoms with Crippen molar-refractivity contribution in [2.75, 3.05) is 0 Å². The van der Waals surface area contributed by atoms with E-state index in [9.17, 15) is 9.59 Å². The minimum Gasteiger partial charge on any atom is -0.481 e. The second kappa shape index (κ2) is 5.92. The van der Waals surface area contributed by atoms with Gasteiger partial charge >= 0.3 is 5.97 Å². The summed E-state index contributed by atoms with van der Waals surface area (Å²) in [5.74, 6) is 3.78. The summed E-state index contributed by atoms with van der Waals surface area (Å²) in [4.78, 5) is 21.2. The molecule has 1 amide bonds. The van der Waals surface area contributed by atoms with Gasteiger partial charge in [-0.05, 0) is 17.7 Å². The molecule has 0 bridgehead atoms. The average Bonchev–Trinajstić information content (AvgIpc) is 2.21. The molecule has 0 aliphatic carbocycles. The number of carboxylic acid groups (broad SMARTS) is 1. The SMILES string of the molecule is NC(=O)CC#Cc1cc(Cl)ccc1CC(=O)O. The van der Waals surface area contributed by atoms with E-state index in [0.717, 1.165) is 0 Å². The fourth-order valence-electron chi connectivity index (χ4n) is 1.21. The van der Waals surface area contributed by atoms with E-state index in [1.54, 1.807) is 18.2 Å². The Labute approximate surface area is 103 Å². The van der Waals surface area contributed by atoms with Gasteiger partial charge in [-0.1, -0.05) is 29.5 Å². The van der Waals surface area contributed by atoms with Gasteiger partial charge in [-0.25, -0.2) is 0 Å². The van der Waals surface area contributed by atoms with E-state index in [4.69, 9.17) is 22.4 Å². The Balaban J connectivity index is 3.01. The number of rotatable bonds is 3. The number of hydrogen-bond acceptors (Lipinski definition) is 2. The van der Waals surface area contributed by atoms with Gasteiger partial charge in [0.25, 0.3) is 0 Å². The van der Waals surface area contributed by atoms with Gasteiger partial charge in [-0.15, -0.1) is 0 Å². The minimum atomic E-state index is -0.953. The summed E-state index contributed by atoms with van der Waals surface area (Å²) >= 11 is 5.79. The number of nitrogens with two attached hydrogens (primary N) is 1. The number of aliphatic carboxylic acids is 1. The van der Waals surface area contributed by atoms with Gasteiger partial charge in [0.05, 0.1) is 12.8 Å². The lowest BCUT2D eigenvalue weighted by Gasteiger charge is -2.01. The fraction of sp³-hybridized carbons (Fsp3) is 0.167. The molecular formula is C12H10ClNO3. The quantitative estimate of drug-likeness (QED) is 0.792. The predicted octanol–water partition coefficient (Wildman–Crippen LogP) is 1.19. The number of primary amides is 1. The van der Waals surface area contributed by atoms with Crippen molar-refractivity contribution >= 4 is 23.5 Å². The summed E-state index contributed by atoms with van der Waals surface area (Å²) in [6.07, 6.45) is -0.212. The van der Waals surface area contributed by atoms with Crippen LogP contribution >= 0.6 is 11.6 Å². The summed E-state index contributed by atoms with van der Waals surface area (Å²) in [5.41, 5.74) is 6.00. The van der Waals surface area contributed by atoms with Crippen LogP contribution in [0.1, 0.15) is 17.5 Å². The monoisotopic (exact) mass is 251 g/mol. The summed E-state index contributed by atoms with van der Waals surface area (Å²) in [7, 11) is 0. The van der Waals surface area contributed by atoms with Gasteiger partial charge in [-0.3, -0.25) is 9.59 Å². The average molecular weight is 252 g/mol. The highest BCUT2D eigenvalue weighted by Gasteiger charge is 2.05. The first-order valence-corrected chi connectivity index (χ1v) is 5.14. The van der Waals surface area contributed by atoms with Gasteiger partial charge in [0, 0.05) is 10.6 Å². The molecule has 0 aliphatic heterocycles. The maximum absolute atomic E-state index is 10.6. The van der Waals surface area contributed by atoms with Crippen LogP contribution in [0.5, 0.6) is 0 Å². The smallest absolute Gasteiger partial charge is 0.307 e. The van der Waals surface area contributed by atoms with E-state index in [2.05, 4.69) is 11.8 Å². The highest BCUT2D eigenvalue weighted by Crippen LogP contribution is 2.16. The second-order valence-corrected chi connectivity index (χ2v) is 3.75. The summed E-state index contributed by atoms with van der Waals surface area (Å²) in [6.45, 7) is 0. The number of hydrogen-bond donors (Lipinski definition) is 2. The van der Waals surface area contributed by atoms with Crippen LogP contribution in [-0.2, 0) is 16.0 Å². The minimum absolute atomic E-state index is 0.0704. The Morgan fingerprint density at radius 1 is 1.41 bits per heavy atom. The van der Waals surface area contributed by atoms with Crippen LogP contribution in [0.25, 0.3) is 0 Å². The zero-order chi connectivity index (χ0) is 12.8. The van der Waals surface area contributed by atoms with Crippen LogP contribution < -0.4 is 5.73 Å². The Morgan fingerprint density at radius 2 is 2.12 bits per heavy atom. The van der Waals surface area contributed by atoms with Crippen molar-refractivity contribution in [3.8, 4) is 11.8 Å². The molecule has 0 saturated heterocycles. The van der Waals surface area contributed by atoms with Crippen molar-refractivity contribution in [2.45, 2.75) is 12.8 Å². The summed E-state index contributed by atoms with van der Waals surface area (Å²) in [6, 6.07) is 4.76. The van der Waals surface area contributed by atoms with Gasteiger partial charge in [0.2, 0.25) is 5.91 Å². The molecule has 17 heavy (non-hydrogen) atoms. The number of carbonyl (C=O) groups is 2. The van der Waals surface area contributed by atoms with Gasteiger partial charge in [-0.2, -0.15) is 0 Å². The normalized spacial score (nSPS) is 9.24. The number of halogens is 1. The van der Waals surface area contributed by atoms with Crippen molar-refractivity contribution in [1.82, 2.24) is 0 Å². The van der Waals surface area contributed by atoms with E-state index in [-0.39, 0.29) is 12.8 Å². The number of carboxylic acids is 1. The number of amides is 1. The molecule has 0 aliphatic rings. The van der Waals surface area contributed by atoms with Gasteiger partial charge in [0.15, 0.2) is 0 Å². The predicted molar refractivity (Wildman–Crippen MR) is 63.5 cm³/mol. The van der Waals surface area contributed by atoms with Crippen LogP contribution in [0.4, 0.5) is 0 Å². The van der Waals surface area contributed by atoms with Crippen LogP contribution in [0.15, 0.2) is 18.2 Å². The fourth-order valence-corrected chi connectivity index (χ4v) is 1.38. The lowest BCUT2D eigenvalue weighted by atomic mass is 10.0. The first-order chi connectivity index (χ1) is 7.99. The third-order valence-electron chi connectivity index (χ3n) is 1.90. The van der Waals surface area contributed by atoms with Gasteiger partial charge < -0.3 is 10.8 Å². The third kappa shape index (κ3) is 4.58. The van der Waals surface area contributed by atoms with E-state index in [0.29, 0.717) is 16.1 Å². The van der Waals surface area contributed by atoms with E-state index in [1.165, 1.54) is 0 Å². The molecule has 0 aromatic heterocycles. The zero-order valence-electron chi connectivity index (χ0n) is 8.87. The maximum atomic E-state index is 10.6. The molecular weight excluding hydrogens is 242 g/mol. The Bertz CT molecular complexity index is 514. The standard InChI is InChI=1S/C12H10ClNO3/c13-10-5-4-9(7-12(16)17)8(6-10)2-1-3-11(14)15/h4-6H,3,7H2,(H2,14,15)(H,16,17). The molecule has 1 rings (SSSR count). The molecule has 1 aromatic rings. The Morgan fingerprint density at radius 3 is 2.71 bits per heavy atom. The highest BCUT2D eigenvalue weighted by molar-refractivity contribution is 6.30. The molecule has 5 heteroatoms. The molecule has 88 valence electrons. The van der Waals surface area contributed by atoms with Crippen molar-refractivity contribution < 1.29 is 14.7 Å². The Kier molecular flexibility index (Phi) is 4.56. The molecule has 0 unspecified atom stereocenters. The van der Waals surface area contributed by atoms with E-state index < -0.39 is 11.9 Å². The van der Waals surface area contributed by atoms with Crippen molar-refractivity contribution in [3.05, 3.63) is 34.3 Å².